The zero-order chi connectivity index (χ0) is 14.5. The SMILES string of the molecule is CCCn1cc(S(=O)(=O)NC(C)CSC)cc1CN. The summed E-state index contributed by atoms with van der Waals surface area (Å²) >= 11 is 1.61. The van der Waals surface area contributed by atoms with Gasteiger partial charge in [0.05, 0.1) is 4.90 Å². The second-order valence-electron chi connectivity index (χ2n) is 4.54. The van der Waals surface area contributed by atoms with Crippen LogP contribution in [-0.4, -0.2) is 31.0 Å². The number of sulfonamides is 1. The zero-order valence-electron chi connectivity index (χ0n) is 11.7. The lowest BCUT2D eigenvalue weighted by molar-refractivity contribution is 0.570. The summed E-state index contributed by atoms with van der Waals surface area (Å²) in [6, 6.07) is 1.57. The van der Waals surface area contributed by atoms with Crippen LogP contribution in [0.4, 0.5) is 0 Å². The Kier molecular flexibility index (Phi) is 6.38. The number of aromatic nitrogens is 1. The minimum atomic E-state index is -3.45. The van der Waals surface area contributed by atoms with Gasteiger partial charge in [0.15, 0.2) is 0 Å². The number of nitrogens with one attached hydrogen (secondary N) is 1. The minimum absolute atomic E-state index is 0.0872. The number of nitrogens with two attached hydrogens (primary N) is 1. The van der Waals surface area contributed by atoms with Crippen LogP contribution in [0.3, 0.4) is 0 Å². The fraction of sp³-hybridized carbons (Fsp3) is 0.667. The first kappa shape index (κ1) is 16.6. The van der Waals surface area contributed by atoms with Crippen LogP contribution in [0.25, 0.3) is 0 Å². The minimum Gasteiger partial charge on any atom is -0.349 e. The normalized spacial score (nSPS) is 13.7. The van der Waals surface area contributed by atoms with Gasteiger partial charge in [-0.25, -0.2) is 13.1 Å². The van der Waals surface area contributed by atoms with E-state index in [1.165, 1.54) is 0 Å². The average Bonchev–Trinajstić information content (AvgIpc) is 2.73. The Bertz CT molecular complexity index is 497. The van der Waals surface area contributed by atoms with E-state index < -0.39 is 10.0 Å². The van der Waals surface area contributed by atoms with Crippen LogP contribution in [0, 0.1) is 0 Å². The lowest BCUT2D eigenvalue weighted by atomic mass is 10.4. The fourth-order valence-electron chi connectivity index (χ4n) is 1.91. The van der Waals surface area contributed by atoms with E-state index in [0.717, 1.165) is 24.4 Å². The van der Waals surface area contributed by atoms with E-state index in [2.05, 4.69) is 4.72 Å². The van der Waals surface area contributed by atoms with Crippen LogP contribution in [-0.2, 0) is 23.1 Å². The molecule has 0 bridgehead atoms. The van der Waals surface area contributed by atoms with Gasteiger partial charge in [0.1, 0.15) is 0 Å². The van der Waals surface area contributed by atoms with Crippen LogP contribution >= 0.6 is 11.8 Å². The Morgan fingerprint density at radius 1 is 1.53 bits per heavy atom. The molecule has 0 fully saturated rings. The van der Waals surface area contributed by atoms with E-state index in [4.69, 9.17) is 5.73 Å². The molecule has 0 aromatic carbocycles. The van der Waals surface area contributed by atoms with E-state index in [-0.39, 0.29) is 6.04 Å². The highest BCUT2D eigenvalue weighted by molar-refractivity contribution is 7.98. The number of rotatable bonds is 8. The first-order chi connectivity index (χ1) is 8.94. The molecule has 1 atom stereocenters. The number of thioether (sulfide) groups is 1. The molecule has 110 valence electrons. The second kappa shape index (κ2) is 7.33. The molecule has 0 amide bonds. The Morgan fingerprint density at radius 3 is 2.74 bits per heavy atom. The molecule has 0 radical (unpaired) electrons. The van der Waals surface area contributed by atoms with Crippen molar-refractivity contribution in [1.82, 2.24) is 9.29 Å². The summed E-state index contributed by atoms with van der Waals surface area (Å²) in [4.78, 5) is 0.300. The molecule has 0 aliphatic rings. The highest BCUT2D eigenvalue weighted by Gasteiger charge is 2.20. The molecule has 0 saturated carbocycles. The average molecular weight is 305 g/mol. The fourth-order valence-corrected chi connectivity index (χ4v) is 3.91. The zero-order valence-corrected chi connectivity index (χ0v) is 13.4. The maximum Gasteiger partial charge on any atom is 0.242 e. The third-order valence-electron chi connectivity index (χ3n) is 2.72. The van der Waals surface area contributed by atoms with E-state index >= 15 is 0 Å². The predicted molar refractivity (Wildman–Crippen MR) is 80.8 cm³/mol. The summed E-state index contributed by atoms with van der Waals surface area (Å²) < 4.78 is 29.0. The first-order valence-electron chi connectivity index (χ1n) is 6.35. The molecule has 7 heteroatoms. The van der Waals surface area contributed by atoms with Crippen molar-refractivity contribution in [2.45, 2.75) is 44.3 Å². The molecular weight excluding hydrogens is 282 g/mol. The molecule has 0 aliphatic heterocycles. The van der Waals surface area contributed by atoms with Gasteiger partial charge in [-0.05, 0) is 25.7 Å². The Hall–Kier alpha value is -0.500. The van der Waals surface area contributed by atoms with E-state index in [9.17, 15) is 8.42 Å². The van der Waals surface area contributed by atoms with Gasteiger partial charge in [0.25, 0.3) is 0 Å². The largest absolute Gasteiger partial charge is 0.349 e. The van der Waals surface area contributed by atoms with E-state index in [0.29, 0.717) is 11.4 Å². The summed E-state index contributed by atoms with van der Waals surface area (Å²) in [5.74, 6) is 0.749. The van der Waals surface area contributed by atoms with E-state index in [1.54, 1.807) is 24.0 Å². The molecule has 0 saturated heterocycles. The Labute approximate surface area is 120 Å². The van der Waals surface area contributed by atoms with Crippen molar-refractivity contribution in [3.05, 3.63) is 18.0 Å². The van der Waals surface area contributed by atoms with Gasteiger partial charge in [-0.2, -0.15) is 11.8 Å². The molecule has 0 spiro atoms. The summed E-state index contributed by atoms with van der Waals surface area (Å²) in [7, 11) is -3.45. The molecular formula is C12H23N3O2S2. The van der Waals surface area contributed by atoms with Crippen LogP contribution in [0.15, 0.2) is 17.2 Å². The van der Waals surface area contributed by atoms with Crippen LogP contribution in [0.5, 0.6) is 0 Å². The van der Waals surface area contributed by atoms with Crippen molar-refractivity contribution in [2.24, 2.45) is 5.73 Å². The molecule has 19 heavy (non-hydrogen) atoms. The van der Waals surface area contributed by atoms with Gasteiger partial charge < -0.3 is 10.3 Å². The summed E-state index contributed by atoms with van der Waals surface area (Å²) in [5, 5.41) is 0. The molecule has 1 heterocycles. The summed E-state index contributed by atoms with van der Waals surface area (Å²) in [6.45, 7) is 5.03. The smallest absolute Gasteiger partial charge is 0.242 e. The van der Waals surface area contributed by atoms with Crippen LogP contribution < -0.4 is 10.5 Å². The number of hydrogen-bond acceptors (Lipinski definition) is 4. The third-order valence-corrected chi connectivity index (χ3v) is 5.11. The molecule has 1 rings (SSSR count). The van der Waals surface area contributed by atoms with Crippen LogP contribution in [0.1, 0.15) is 26.0 Å². The summed E-state index contributed by atoms with van der Waals surface area (Å²) in [5.41, 5.74) is 6.49. The maximum absolute atomic E-state index is 12.2. The highest BCUT2D eigenvalue weighted by atomic mass is 32.2. The lowest BCUT2D eigenvalue weighted by Crippen LogP contribution is -2.34. The van der Waals surface area contributed by atoms with E-state index in [1.807, 2.05) is 24.7 Å². The summed E-state index contributed by atoms with van der Waals surface area (Å²) in [6.07, 6.45) is 4.56. The monoisotopic (exact) mass is 305 g/mol. The van der Waals surface area contributed by atoms with Gasteiger partial charge in [-0.1, -0.05) is 6.92 Å². The molecule has 1 aromatic rings. The molecule has 0 aliphatic carbocycles. The molecule has 3 N–H and O–H groups in total. The van der Waals surface area contributed by atoms with Gasteiger partial charge in [-0.3, -0.25) is 0 Å². The van der Waals surface area contributed by atoms with Crippen molar-refractivity contribution in [3.8, 4) is 0 Å². The molecule has 1 unspecified atom stereocenters. The van der Waals surface area contributed by atoms with Crippen LogP contribution in [0.2, 0.25) is 0 Å². The standard InChI is InChI=1S/C12H23N3O2S2/c1-4-5-15-8-12(6-11(15)7-13)19(16,17)14-10(2)9-18-3/h6,8,10,14H,4-5,7,9,13H2,1-3H3. The topological polar surface area (TPSA) is 77.1 Å². The lowest BCUT2D eigenvalue weighted by Gasteiger charge is -2.11. The Balaban J connectivity index is 2.95. The van der Waals surface area contributed by atoms with Gasteiger partial charge >= 0.3 is 0 Å². The maximum atomic E-state index is 12.2. The van der Waals surface area contributed by atoms with Gasteiger partial charge in [0, 0.05) is 36.8 Å². The van der Waals surface area contributed by atoms with Crippen molar-refractivity contribution < 1.29 is 8.42 Å². The van der Waals surface area contributed by atoms with Crippen molar-refractivity contribution >= 4 is 21.8 Å². The number of hydrogen-bond donors (Lipinski definition) is 2. The molecule has 5 nitrogen and oxygen atoms in total. The van der Waals surface area contributed by atoms with Crippen molar-refractivity contribution in [2.75, 3.05) is 12.0 Å². The highest BCUT2D eigenvalue weighted by Crippen LogP contribution is 2.15. The second-order valence-corrected chi connectivity index (χ2v) is 7.17. The van der Waals surface area contributed by atoms with Crippen molar-refractivity contribution in [1.29, 1.82) is 0 Å². The first-order valence-corrected chi connectivity index (χ1v) is 9.22. The van der Waals surface area contributed by atoms with Crippen molar-refractivity contribution in [3.63, 3.8) is 0 Å². The number of nitrogens with zero attached hydrogens (tertiary/aromatic N) is 1. The number of aryl methyl sites for hydroxylation is 1. The quantitative estimate of drug-likeness (QED) is 0.761. The van der Waals surface area contributed by atoms with Gasteiger partial charge in [0.2, 0.25) is 10.0 Å². The third kappa shape index (κ3) is 4.52. The molecule has 1 aromatic heterocycles. The Morgan fingerprint density at radius 2 is 2.21 bits per heavy atom. The van der Waals surface area contributed by atoms with Gasteiger partial charge in [-0.15, -0.1) is 0 Å². The predicted octanol–water partition coefficient (Wildman–Crippen LogP) is 1.39.